The minimum Gasteiger partial charge on any atom is -0.493 e. The number of aliphatic hydroxyl groups is 1. The van der Waals surface area contributed by atoms with Gasteiger partial charge < -0.3 is 24.9 Å². The van der Waals surface area contributed by atoms with E-state index in [0.29, 0.717) is 16.7 Å². The van der Waals surface area contributed by atoms with Crippen LogP contribution in [0.2, 0.25) is 0 Å². The van der Waals surface area contributed by atoms with E-state index in [1.54, 1.807) is 18.2 Å². The second-order valence-corrected chi connectivity index (χ2v) is 6.27. The number of ether oxygens (including phenoxy) is 1. The summed E-state index contributed by atoms with van der Waals surface area (Å²) in [5, 5.41) is 14.6. The van der Waals surface area contributed by atoms with Crippen molar-refractivity contribution in [1.29, 1.82) is 0 Å². The first-order valence-electron chi connectivity index (χ1n) is 8.69. The molecule has 0 radical (unpaired) electrons. The Morgan fingerprint density at radius 3 is 2.57 bits per heavy atom. The number of halogens is 3. The fraction of sp³-hybridized carbons (Fsp3) is 0.200. The second kappa shape index (κ2) is 8.46. The van der Waals surface area contributed by atoms with Crippen molar-refractivity contribution in [2.75, 3.05) is 19.0 Å². The van der Waals surface area contributed by atoms with Crippen LogP contribution in [-0.4, -0.2) is 36.7 Å². The molecule has 1 atom stereocenters. The summed E-state index contributed by atoms with van der Waals surface area (Å²) in [6.45, 7) is -0.778. The number of aliphatic hydroxyl groups excluding tert-OH is 1. The number of anilines is 1. The summed E-state index contributed by atoms with van der Waals surface area (Å²) in [7, 11) is 1.44. The summed E-state index contributed by atoms with van der Waals surface area (Å²) < 4.78 is 49.0. The fourth-order valence-electron chi connectivity index (χ4n) is 2.74. The Morgan fingerprint density at radius 2 is 1.90 bits per heavy atom. The summed E-state index contributed by atoms with van der Waals surface area (Å²) in [5.41, 5.74) is -0.740. The van der Waals surface area contributed by atoms with Gasteiger partial charge >= 0.3 is 6.18 Å². The molecule has 2 amide bonds. The molecular weight excluding hydrogens is 405 g/mol. The molecule has 0 saturated carbocycles. The van der Waals surface area contributed by atoms with E-state index in [2.05, 4.69) is 10.6 Å². The number of hydrogen-bond donors (Lipinski definition) is 3. The zero-order valence-electron chi connectivity index (χ0n) is 15.6. The van der Waals surface area contributed by atoms with Crippen molar-refractivity contribution in [2.45, 2.75) is 12.2 Å². The van der Waals surface area contributed by atoms with Crippen LogP contribution in [0.3, 0.4) is 0 Å². The van der Waals surface area contributed by atoms with Crippen LogP contribution in [0, 0.1) is 0 Å². The topological polar surface area (TPSA) is 101 Å². The van der Waals surface area contributed by atoms with Gasteiger partial charge in [0.05, 0.1) is 19.3 Å². The predicted molar refractivity (Wildman–Crippen MR) is 101 cm³/mol. The minimum atomic E-state index is -4.58. The third-order valence-electron chi connectivity index (χ3n) is 4.21. The van der Waals surface area contributed by atoms with Gasteiger partial charge in [0.1, 0.15) is 6.04 Å². The summed E-state index contributed by atoms with van der Waals surface area (Å²) >= 11 is 0. The van der Waals surface area contributed by atoms with E-state index in [-0.39, 0.29) is 11.4 Å². The van der Waals surface area contributed by atoms with Crippen LogP contribution < -0.4 is 15.4 Å². The first kappa shape index (κ1) is 21.2. The number of carbonyl (C=O) groups excluding carboxylic acids is 2. The number of methoxy groups -OCH3 is 1. The lowest BCUT2D eigenvalue weighted by atomic mass is 10.2. The molecule has 0 spiro atoms. The molecule has 0 aliphatic carbocycles. The standard InChI is InChI=1S/C20H17F3N2O5/c1-29-15-7-2-4-11-8-16(30-17(11)15)19(28)25-14(10-26)18(27)24-13-6-3-5-12(9-13)20(21,22)23/h2-9,14,26H,10H2,1H3,(H,24,27)(H,25,28). The molecule has 2 aromatic carbocycles. The highest BCUT2D eigenvalue weighted by molar-refractivity contribution is 6.02. The molecule has 7 nitrogen and oxygen atoms in total. The average molecular weight is 422 g/mol. The van der Waals surface area contributed by atoms with Gasteiger partial charge in [-0.15, -0.1) is 0 Å². The number of fused-ring (bicyclic) bond motifs is 1. The number of alkyl halides is 3. The van der Waals surface area contributed by atoms with E-state index in [0.717, 1.165) is 18.2 Å². The van der Waals surface area contributed by atoms with E-state index in [1.165, 1.54) is 19.2 Å². The lowest BCUT2D eigenvalue weighted by molar-refractivity contribution is -0.137. The molecule has 0 saturated heterocycles. The summed E-state index contributed by atoms with van der Waals surface area (Å²) in [6, 6.07) is 9.07. The van der Waals surface area contributed by atoms with E-state index >= 15 is 0 Å². The van der Waals surface area contributed by atoms with Crippen LogP contribution >= 0.6 is 0 Å². The Bertz CT molecular complexity index is 1080. The zero-order chi connectivity index (χ0) is 21.9. The first-order chi connectivity index (χ1) is 14.2. The molecule has 1 aromatic heterocycles. The quantitative estimate of drug-likeness (QED) is 0.567. The van der Waals surface area contributed by atoms with E-state index in [1.807, 2.05) is 0 Å². The lowest BCUT2D eigenvalue weighted by Gasteiger charge is -2.16. The third-order valence-corrected chi connectivity index (χ3v) is 4.21. The van der Waals surface area contributed by atoms with Crippen LogP contribution in [-0.2, 0) is 11.0 Å². The Labute approximate surface area is 168 Å². The van der Waals surface area contributed by atoms with E-state index in [9.17, 15) is 27.9 Å². The molecule has 3 aromatic rings. The molecule has 0 aliphatic heterocycles. The normalized spacial score (nSPS) is 12.4. The molecule has 0 fully saturated rings. The zero-order valence-corrected chi connectivity index (χ0v) is 15.6. The van der Waals surface area contributed by atoms with Gasteiger partial charge in [-0.05, 0) is 30.3 Å². The molecule has 1 heterocycles. The monoisotopic (exact) mass is 422 g/mol. The van der Waals surface area contributed by atoms with Crippen LogP contribution in [0.15, 0.2) is 52.9 Å². The molecular formula is C20H17F3N2O5. The molecule has 30 heavy (non-hydrogen) atoms. The van der Waals surface area contributed by atoms with E-state index in [4.69, 9.17) is 9.15 Å². The van der Waals surface area contributed by atoms with Gasteiger partial charge in [-0.2, -0.15) is 13.2 Å². The highest BCUT2D eigenvalue weighted by Gasteiger charge is 2.31. The molecule has 10 heteroatoms. The van der Waals surface area contributed by atoms with Crippen molar-refractivity contribution in [3.63, 3.8) is 0 Å². The third kappa shape index (κ3) is 4.54. The van der Waals surface area contributed by atoms with Crippen molar-refractivity contribution in [3.8, 4) is 5.75 Å². The Hall–Kier alpha value is -3.53. The SMILES string of the molecule is COc1cccc2cc(C(=O)NC(CO)C(=O)Nc3cccc(C(F)(F)F)c3)oc12. The molecule has 3 N–H and O–H groups in total. The minimum absolute atomic E-state index is 0.125. The summed E-state index contributed by atoms with van der Waals surface area (Å²) in [4.78, 5) is 24.8. The van der Waals surface area contributed by atoms with Crippen molar-refractivity contribution in [3.05, 3.63) is 59.9 Å². The number of amides is 2. The van der Waals surface area contributed by atoms with Gasteiger partial charge in [0, 0.05) is 11.1 Å². The Morgan fingerprint density at radius 1 is 1.17 bits per heavy atom. The van der Waals surface area contributed by atoms with Crippen LogP contribution in [0.25, 0.3) is 11.0 Å². The smallest absolute Gasteiger partial charge is 0.416 e. The Kier molecular flexibility index (Phi) is 5.97. The van der Waals surface area contributed by atoms with Gasteiger partial charge in [0.15, 0.2) is 17.1 Å². The average Bonchev–Trinajstić information content (AvgIpc) is 3.16. The number of hydrogen-bond acceptors (Lipinski definition) is 5. The number of carbonyl (C=O) groups is 2. The van der Waals surface area contributed by atoms with Gasteiger partial charge in [0.2, 0.25) is 5.91 Å². The molecule has 158 valence electrons. The fourth-order valence-corrected chi connectivity index (χ4v) is 2.74. The molecule has 0 aliphatic rings. The number of rotatable bonds is 6. The number of benzene rings is 2. The van der Waals surface area contributed by atoms with E-state index < -0.39 is 36.2 Å². The van der Waals surface area contributed by atoms with Crippen molar-refractivity contribution >= 4 is 28.5 Å². The Balaban J connectivity index is 1.73. The number of furan rings is 1. The lowest BCUT2D eigenvalue weighted by Crippen LogP contribution is -2.46. The first-order valence-corrected chi connectivity index (χ1v) is 8.69. The molecule has 1 unspecified atom stereocenters. The van der Waals surface area contributed by atoms with Gasteiger partial charge in [0.25, 0.3) is 5.91 Å². The van der Waals surface area contributed by atoms with Gasteiger partial charge in [-0.25, -0.2) is 0 Å². The van der Waals surface area contributed by atoms with Gasteiger partial charge in [-0.3, -0.25) is 9.59 Å². The van der Waals surface area contributed by atoms with Gasteiger partial charge in [-0.1, -0.05) is 18.2 Å². The highest BCUT2D eigenvalue weighted by atomic mass is 19.4. The largest absolute Gasteiger partial charge is 0.493 e. The number of nitrogens with one attached hydrogen (secondary N) is 2. The van der Waals surface area contributed by atoms with Crippen molar-refractivity contribution < 1.29 is 37.0 Å². The van der Waals surface area contributed by atoms with Crippen LogP contribution in [0.5, 0.6) is 5.75 Å². The van der Waals surface area contributed by atoms with Crippen molar-refractivity contribution in [2.24, 2.45) is 0 Å². The predicted octanol–water partition coefficient (Wildman–Crippen LogP) is 3.19. The molecule has 3 rings (SSSR count). The molecule has 0 bridgehead atoms. The summed E-state index contributed by atoms with van der Waals surface area (Å²) in [5.74, 6) is -1.39. The summed E-state index contributed by atoms with van der Waals surface area (Å²) in [6.07, 6.45) is -4.58. The second-order valence-electron chi connectivity index (χ2n) is 6.27. The highest BCUT2D eigenvalue weighted by Crippen LogP contribution is 2.31. The maximum atomic E-state index is 12.8. The van der Waals surface area contributed by atoms with Crippen LogP contribution in [0.1, 0.15) is 16.1 Å². The van der Waals surface area contributed by atoms with Crippen LogP contribution in [0.4, 0.5) is 18.9 Å². The maximum Gasteiger partial charge on any atom is 0.416 e. The maximum absolute atomic E-state index is 12.8. The van der Waals surface area contributed by atoms with Crippen molar-refractivity contribution in [1.82, 2.24) is 5.32 Å². The number of para-hydroxylation sites is 1.